The van der Waals surface area contributed by atoms with Gasteiger partial charge < -0.3 is 14.8 Å². The highest BCUT2D eigenvalue weighted by molar-refractivity contribution is 5.96. The van der Waals surface area contributed by atoms with E-state index in [0.717, 1.165) is 34.5 Å². The van der Waals surface area contributed by atoms with Gasteiger partial charge in [-0.15, -0.1) is 0 Å². The van der Waals surface area contributed by atoms with E-state index in [4.69, 9.17) is 9.47 Å². The van der Waals surface area contributed by atoms with Crippen molar-refractivity contribution < 1.29 is 14.3 Å². The molecule has 2 N–H and O–H groups in total. The Morgan fingerprint density at radius 3 is 2.64 bits per heavy atom. The van der Waals surface area contributed by atoms with Crippen LogP contribution in [-0.2, 0) is 9.53 Å². The summed E-state index contributed by atoms with van der Waals surface area (Å²) in [4.78, 5) is 13.0. The molecule has 0 saturated carbocycles. The third-order valence-corrected chi connectivity index (χ3v) is 4.64. The van der Waals surface area contributed by atoms with Crippen LogP contribution in [0.3, 0.4) is 0 Å². The summed E-state index contributed by atoms with van der Waals surface area (Å²) in [5.74, 6) is 0.422. The van der Waals surface area contributed by atoms with Crippen molar-refractivity contribution in [2.24, 2.45) is 0 Å². The summed E-state index contributed by atoms with van der Waals surface area (Å²) in [6, 6.07) is 15.4. The van der Waals surface area contributed by atoms with Gasteiger partial charge in [-0.2, -0.15) is 5.10 Å². The van der Waals surface area contributed by atoms with Gasteiger partial charge in [0.25, 0.3) is 0 Å². The molecule has 28 heavy (non-hydrogen) atoms. The van der Waals surface area contributed by atoms with Crippen molar-refractivity contribution in [3.8, 4) is 16.9 Å². The van der Waals surface area contributed by atoms with Crippen molar-refractivity contribution in [3.63, 3.8) is 0 Å². The van der Waals surface area contributed by atoms with Crippen LogP contribution in [0.1, 0.15) is 24.3 Å². The Hall–Kier alpha value is -3.12. The molecular weight excluding hydrogens is 354 g/mol. The summed E-state index contributed by atoms with van der Waals surface area (Å²) in [7, 11) is 3.29. The number of carbonyl (C=O) groups is 1. The highest BCUT2D eigenvalue weighted by Crippen LogP contribution is 2.27. The van der Waals surface area contributed by atoms with Crippen LogP contribution < -0.4 is 10.1 Å². The number of carbonyl (C=O) groups excluding carboxylic acids is 1. The molecule has 1 amide bonds. The Bertz CT molecular complexity index is 876. The second-order valence-corrected chi connectivity index (χ2v) is 6.52. The fraction of sp³-hybridized carbons (Fsp3) is 0.273. The Balaban J connectivity index is 1.74. The van der Waals surface area contributed by atoms with Gasteiger partial charge in [0.2, 0.25) is 5.91 Å². The normalized spacial score (nSPS) is 11.8. The van der Waals surface area contributed by atoms with Crippen LogP contribution in [0.25, 0.3) is 11.1 Å². The molecule has 0 bridgehead atoms. The van der Waals surface area contributed by atoms with Crippen LogP contribution >= 0.6 is 0 Å². The van der Waals surface area contributed by atoms with Gasteiger partial charge >= 0.3 is 0 Å². The molecule has 1 atom stereocenters. The third kappa shape index (κ3) is 4.98. The van der Waals surface area contributed by atoms with Crippen molar-refractivity contribution in [1.82, 2.24) is 10.2 Å². The lowest BCUT2D eigenvalue weighted by atomic mass is 9.93. The predicted octanol–water partition coefficient (Wildman–Crippen LogP) is 4.23. The lowest BCUT2D eigenvalue weighted by Gasteiger charge is -2.18. The first-order chi connectivity index (χ1) is 13.7. The smallest absolute Gasteiger partial charge is 0.231 e. The van der Waals surface area contributed by atoms with Gasteiger partial charge in [-0.3, -0.25) is 9.89 Å². The van der Waals surface area contributed by atoms with E-state index in [-0.39, 0.29) is 11.8 Å². The summed E-state index contributed by atoms with van der Waals surface area (Å²) < 4.78 is 10.5. The van der Waals surface area contributed by atoms with E-state index in [0.29, 0.717) is 13.0 Å². The fourth-order valence-electron chi connectivity index (χ4n) is 3.12. The average molecular weight is 379 g/mol. The molecule has 6 heteroatoms. The molecule has 1 heterocycles. The molecule has 2 aromatic carbocycles. The zero-order chi connectivity index (χ0) is 19.8. The maximum absolute atomic E-state index is 13.0. The number of aromatic nitrogens is 2. The molecule has 0 saturated heterocycles. The summed E-state index contributed by atoms with van der Waals surface area (Å²) >= 11 is 0. The first-order valence-corrected chi connectivity index (χ1v) is 9.24. The van der Waals surface area contributed by atoms with E-state index in [1.54, 1.807) is 20.4 Å². The van der Waals surface area contributed by atoms with E-state index in [1.807, 2.05) is 54.7 Å². The van der Waals surface area contributed by atoms with Crippen molar-refractivity contribution in [1.29, 1.82) is 0 Å². The Morgan fingerprint density at radius 2 is 1.96 bits per heavy atom. The highest BCUT2D eigenvalue weighted by atomic mass is 16.5. The molecule has 0 unspecified atom stereocenters. The Kier molecular flexibility index (Phi) is 6.81. The van der Waals surface area contributed by atoms with Crippen LogP contribution in [-0.4, -0.2) is 36.9 Å². The fourth-order valence-corrected chi connectivity index (χ4v) is 3.12. The molecule has 0 aliphatic rings. The molecule has 0 radical (unpaired) electrons. The van der Waals surface area contributed by atoms with Crippen LogP contribution in [0.2, 0.25) is 0 Å². The number of hydrogen-bond acceptors (Lipinski definition) is 4. The largest absolute Gasteiger partial charge is 0.497 e. The van der Waals surface area contributed by atoms with E-state index in [1.165, 1.54) is 0 Å². The lowest BCUT2D eigenvalue weighted by molar-refractivity contribution is -0.117. The molecule has 0 aliphatic carbocycles. The number of aromatic amines is 1. The number of anilines is 1. The topological polar surface area (TPSA) is 76.2 Å². The van der Waals surface area contributed by atoms with Crippen LogP contribution in [0.4, 0.5) is 5.69 Å². The van der Waals surface area contributed by atoms with Gasteiger partial charge in [-0.1, -0.05) is 24.3 Å². The minimum Gasteiger partial charge on any atom is -0.497 e. The number of H-pyrrole nitrogens is 1. The summed E-state index contributed by atoms with van der Waals surface area (Å²) in [6.07, 6.45) is 5.09. The van der Waals surface area contributed by atoms with Crippen molar-refractivity contribution in [2.75, 3.05) is 26.1 Å². The minimum absolute atomic E-state index is 0.0413. The van der Waals surface area contributed by atoms with Gasteiger partial charge in [0, 0.05) is 31.2 Å². The first-order valence-electron chi connectivity index (χ1n) is 9.24. The SMILES string of the molecule is COCCC[C@H](C(=O)Nc1ccc(-c2cn[nH]c2)cc1)c1cccc(OC)c1. The Morgan fingerprint density at radius 1 is 1.14 bits per heavy atom. The summed E-state index contributed by atoms with van der Waals surface area (Å²) in [5, 5.41) is 9.80. The van der Waals surface area contributed by atoms with Gasteiger partial charge in [0.1, 0.15) is 5.75 Å². The van der Waals surface area contributed by atoms with Crippen LogP contribution in [0.15, 0.2) is 60.9 Å². The summed E-state index contributed by atoms with van der Waals surface area (Å²) in [5.41, 5.74) is 3.74. The highest BCUT2D eigenvalue weighted by Gasteiger charge is 2.21. The molecule has 1 aromatic heterocycles. The maximum Gasteiger partial charge on any atom is 0.231 e. The number of hydrogen-bond donors (Lipinski definition) is 2. The van der Waals surface area contributed by atoms with Gasteiger partial charge in [-0.25, -0.2) is 0 Å². The summed E-state index contributed by atoms with van der Waals surface area (Å²) in [6.45, 7) is 0.618. The van der Waals surface area contributed by atoms with Crippen molar-refractivity contribution in [3.05, 3.63) is 66.5 Å². The lowest BCUT2D eigenvalue weighted by Crippen LogP contribution is -2.21. The number of amides is 1. The quantitative estimate of drug-likeness (QED) is 0.546. The maximum atomic E-state index is 13.0. The van der Waals surface area contributed by atoms with Crippen molar-refractivity contribution >= 4 is 11.6 Å². The second-order valence-electron chi connectivity index (χ2n) is 6.52. The number of methoxy groups -OCH3 is 2. The number of benzene rings is 2. The molecular formula is C22H25N3O3. The monoisotopic (exact) mass is 379 g/mol. The molecule has 0 aliphatic heterocycles. The second kappa shape index (κ2) is 9.71. The van der Waals surface area contributed by atoms with Gasteiger partial charge in [-0.05, 0) is 48.2 Å². The Labute approximate surface area is 164 Å². The molecule has 6 nitrogen and oxygen atoms in total. The number of nitrogens with zero attached hydrogens (tertiary/aromatic N) is 1. The van der Waals surface area contributed by atoms with Crippen LogP contribution in [0, 0.1) is 0 Å². The van der Waals surface area contributed by atoms with E-state index >= 15 is 0 Å². The predicted molar refractivity (Wildman–Crippen MR) is 109 cm³/mol. The van der Waals surface area contributed by atoms with E-state index < -0.39 is 0 Å². The number of nitrogens with one attached hydrogen (secondary N) is 2. The third-order valence-electron chi connectivity index (χ3n) is 4.64. The minimum atomic E-state index is -0.279. The standard InChI is InChI=1S/C22H25N3O3/c1-27-12-4-7-21(17-5-3-6-20(13-17)28-2)22(26)25-19-10-8-16(9-11-19)18-14-23-24-15-18/h3,5-6,8-11,13-15,21H,4,7,12H2,1-2H3,(H,23,24)(H,25,26)/t21-/m0/s1. The zero-order valence-corrected chi connectivity index (χ0v) is 16.1. The molecule has 0 spiro atoms. The van der Waals surface area contributed by atoms with Gasteiger partial charge in [0.15, 0.2) is 0 Å². The first kappa shape index (κ1) is 19.6. The molecule has 0 fully saturated rings. The molecule has 3 rings (SSSR count). The number of rotatable bonds is 9. The number of ether oxygens (including phenoxy) is 2. The van der Waals surface area contributed by atoms with Gasteiger partial charge in [0.05, 0.1) is 19.2 Å². The molecule has 146 valence electrons. The van der Waals surface area contributed by atoms with Crippen LogP contribution in [0.5, 0.6) is 5.75 Å². The average Bonchev–Trinajstić information content (AvgIpc) is 3.26. The zero-order valence-electron chi connectivity index (χ0n) is 16.1. The van der Waals surface area contributed by atoms with E-state index in [2.05, 4.69) is 15.5 Å². The van der Waals surface area contributed by atoms with E-state index in [9.17, 15) is 4.79 Å². The molecule has 3 aromatic rings. The van der Waals surface area contributed by atoms with Crippen molar-refractivity contribution in [2.45, 2.75) is 18.8 Å².